The van der Waals surface area contributed by atoms with Crippen molar-refractivity contribution in [3.05, 3.63) is 107 Å². The number of fused-ring (bicyclic) bond motifs is 1. The minimum atomic E-state index is -0.0650. The largest absolute Gasteiger partial charge is 0.353 e. The minimum absolute atomic E-state index is 0.0650. The molecule has 0 saturated carbocycles. The van der Waals surface area contributed by atoms with E-state index in [1.807, 2.05) is 60.7 Å². The van der Waals surface area contributed by atoms with E-state index in [4.69, 9.17) is 0 Å². The molecular weight excluding hydrogens is 366 g/mol. The molecule has 1 aliphatic rings. The number of rotatable bonds is 3. The number of para-hydroxylation sites is 2. The molecule has 0 radical (unpaired) electrons. The average Bonchev–Trinajstić information content (AvgIpc) is 3.25. The first-order chi connectivity index (χ1) is 13.7. The number of aryl methyl sites for hydroxylation is 1. The lowest BCUT2D eigenvalue weighted by molar-refractivity contribution is 0.867. The van der Waals surface area contributed by atoms with Gasteiger partial charge in [0.25, 0.3) is 0 Å². The summed E-state index contributed by atoms with van der Waals surface area (Å²) in [5.74, 6) is 0.843. The van der Waals surface area contributed by atoms with Crippen LogP contribution in [0.3, 0.4) is 0 Å². The van der Waals surface area contributed by atoms with Gasteiger partial charge >= 0.3 is 5.69 Å². The summed E-state index contributed by atoms with van der Waals surface area (Å²) in [5, 5.41) is 4.58. The fraction of sp³-hybridized carbons (Fsp3) is 0.0870. The number of anilines is 1. The Labute approximate surface area is 167 Å². The van der Waals surface area contributed by atoms with E-state index in [9.17, 15) is 4.79 Å². The first kappa shape index (κ1) is 17.0. The molecule has 0 fully saturated rings. The zero-order valence-electron chi connectivity index (χ0n) is 15.4. The molecule has 2 heterocycles. The predicted molar refractivity (Wildman–Crippen MR) is 115 cm³/mol. The van der Waals surface area contributed by atoms with E-state index < -0.39 is 0 Å². The van der Waals surface area contributed by atoms with E-state index in [-0.39, 0.29) is 11.1 Å². The lowest BCUT2D eigenvalue weighted by Gasteiger charge is -2.14. The number of aromatic nitrogens is 2. The number of thioether (sulfide) groups is 1. The van der Waals surface area contributed by atoms with Gasteiger partial charge in [-0.25, -0.2) is 9.36 Å². The Balaban J connectivity index is 1.68. The molecule has 138 valence electrons. The lowest BCUT2D eigenvalue weighted by atomic mass is 10.1. The number of nitrogens with one attached hydrogen (secondary N) is 1. The second kappa shape index (κ2) is 6.77. The Kier molecular flexibility index (Phi) is 4.10. The van der Waals surface area contributed by atoms with E-state index in [0.29, 0.717) is 0 Å². The first-order valence-corrected chi connectivity index (χ1v) is 10.1. The SMILES string of the molecule is Cc1ccc(C2Nc3c(n(-c4ccccc4)c(=O)n3-c3ccccc3)S2)cc1. The second-order valence-corrected chi connectivity index (χ2v) is 7.92. The molecule has 1 atom stereocenters. The van der Waals surface area contributed by atoms with Crippen LogP contribution in [-0.2, 0) is 0 Å². The molecular formula is C23H19N3OS. The van der Waals surface area contributed by atoms with Crippen LogP contribution in [0.15, 0.2) is 94.7 Å². The molecule has 1 aromatic heterocycles. The second-order valence-electron chi connectivity index (χ2n) is 6.83. The lowest BCUT2D eigenvalue weighted by Crippen LogP contribution is -2.24. The van der Waals surface area contributed by atoms with Gasteiger partial charge in [0.2, 0.25) is 0 Å². The molecule has 0 amide bonds. The van der Waals surface area contributed by atoms with Crippen molar-refractivity contribution in [2.45, 2.75) is 17.3 Å². The molecule has 5 rings (SSSR count). The fourth-order valence-corrected chi connectivity index (χ4v) is 4.74. The number of hydrogen-bond acceptors (Lipinski definition) is 3. The van der Waals surface area contributed by atoms with Gasteiger partial charge in [-0.3, -0.25) is 4.57 Å². The predicted octanol–water partition coefficient (Wildman–Crippen LogP) is 5.15. The molecule has 4 aromatic rings. The van der Waals surface area contributed by atoms with E-state index >= 15 is 0 Å². The van der Waals surface area contributed by atoms with Gasteiger partial charge in [0.05, 0.1) is 11.4 Å². The van der Waals surface area contributed by atoms with Crippen molar-refractivity contribution in [2.24, 2.45) is 0 Å². The Hall–Kier alpha value is -3.18. The van der Waals surface area contributed by atoms with Crippen molar-refractivity contribution in [1.82, 2.24) is 9.13 Å². The quantitative estimate of drug-likeness (QED) is 0.530. The van der Waals surface area contributed by atoms with Crippen LogP contribution in [0, 0.1) is 6.92 Å². The summed E-state index contributed by atoms with van der Waals surface area (Å²) in [4.78, 5) is 13.4. The van der Waals surface area contributed by atoms with Crippen LogP contribution in [0.25, 0.3) is 11.4 Å². The minimum Gasteiger partial charge on any atom is -0.353 e. The van der Waals surface area contributed by atoms with Gasteiger partial charge in [0, 0.05) is 0 Å². The van der Waals surface area contributed by atoms with Gasteiger partial charge in [-0.2, -0.15) is 0 Å². The van der Waals surface area contributed by atoms with Crippen LogP contribution in [0.1, 0.15) is 16.5 Å². The van der Waals surface area contributed by atoms with Crippen LogP contribution >= 0.6 is 11.8 Å². The smallest absolute Gasteiger partial charge is 0.339 e. The van der Waals surface area contributed by atoms with Crippen molar-refractivity contribution in [2.75, 3.05) is 5.32 Å². The molecule has 4 nitrogen and oxygen atoms in total. The molecule has 1 unspecified atom stereocenters. The van der Waals surface area contributed by atoms with Crippen LogP contribution in [0.4, 0.5) is 5.82 Å². The average molecular weight is 385 g/mol. The Morgan fingerprint density at radius 3 is 1.96 bits per heavy atom. The number of benzene rings is 3. The highest BCUT2D eigenvalue weighted by Crippen LogP contribution is 2.47. The van der Waals surface area contributed by atoms with Crippen molar-refractivity contribution in [3.8, 4) is 11.4 Å². The summed E-state index contributed by atoms with van der Waals surface area (Å²) in [7, 11) is 0. The third kappa shape index (κ3) is 2.75. The Morgan fingerprint density at radius 1 is 0.786 bits per heavy atom. The zero-order chi connectivity index (χ0) is 19.1. The standard InChI is InChI=1S/C23H19N3OS/c1-16-12-14-17(15-13-16)21-24-20-22(28-21)26(19-10-6-3-7-11-19)23(27)25(20)18-8-4-2-5-9-18/h2-15,21,24H,1H3. The van der Waals surface area contributed by atoms with Gasteiger partial charge in [0.15, 0.2) is 0 Å². The third-order valence-electron chi connectivity index (χ3n) is 4.92. The Bertz CT molecular complexity index is 1110. The number of hydrogen-bond donors (Lipinski definition) is 1. The van der Waals surface area contributed by atoms with Gasteiger partial charge in [-0.05, 0) is 36.8 Å². The van der Waals surface area contributed by atoms with E-state index in [2.05, 4.69) is 36.5 Å². The van der Waals surface area contributed by atoms with Gasteiger partial charge < -0.3 is 5.32 Å². The molecule has 0 spiro atoms. The summed E-state index contributed by atoms with van der Waals surface area (Å²) in [6.45, 7) is 2.09. The molecule has 28 heavy (non-hydrogen) atoms. The van der Waals surface area contributed by atoms with Crippen molar-refractivity contribution in [3.63, 3.8) is 0 Å². The van der Waals surface area contributed by atoms with Crippen LogP contribution in [-0.4, -0.2) is 9.13 Å². The molecule has 1 N–H and O–H groups in total. The molecule has 1 aliphatic heterocycles. The van der Waals surface area contributed by atoms with Gasteiger partial charge in [-0.1, -0.05) is 78.0 Å². The van der Waals surface area contributed by atoms with Crippen LogP contribution in [0.2, 0.25) is 0 Å². The first-order valence-electron chi connectivity index (χ1n) is 9.21. The van der Waals surface area contributed by atoms with E-state index in [0.717, 1.165) is 22.2 Å². The van der Waals surface area contributed by atoms with Gasteiger partial charge in [0.1, 0.15) is 16.2 Å². The zero-order valence-corrected chi connectivity index (χ0v) is 16.2. The van der Waals surface area contributed by atoms with Crippen molar-refractivity contribution >= 4 is 17.6 Å². The topological polar surface area (TPSA) is 39.0 Å². The maximum absolute atomic E-state index is 13.4. The summed E-state index contributed by atoms with van der Waals surface area (Å²) < 4.78 is 3.57. The van der Waals surface area contributed by atoms with Crippen molar-refractivity contribution < 1.29 is 0 Å². The summed E-state index contributed by atoms with van der Waals surface area (Å²) >= 11 is 1.68. The summed E-state index contributed by atoms with van der Waals surface area (Å²) in [6, 6.07) is 28.1. The normalized spacial score (nSPS) is 15.2. The van der Waals surface area contributed by atoms with Crippen molar-refractivity contribution in [1.29, 1.82) is 0 Å². The summed E-state index contributed by atoms with van der Waals surface area (Å²) in [5.41, 5.74) is 4.09. The number of nitrogens with zero attached hydrogens (tertiary/aromatic N) is 2. The van der Waals surface area contributed by atoms with E-state index in [1.54, 1.807) is 20.9 Å². The molecule has 5 heteroatoms. The summed E-state index contributed by atoms with van der Waals surface area (Å²) in [6.07, 6.45) is 0. The number of imidazole rings is 1. The molecule has 0 saturated heterocycles. The highest BCUT2D eigenvalue weighted by Gasteiger charge is 2.32. The third-order valence-corrected chi connectivity index (χ3v) is 6.14. The Morgan fingerprint density at radius 2 is 1.36 bits per heavy atom. The molecule has 0 bridgehead atoms. The van der Waals surface area contributed by atoms with Gasteiger partial charge in [-0.15, -0.1) is 0 Å². The molecule has 3 aromatic carbocycles. The highest BCUT2D eigenvalue weighted by molar-refractivity contribution is 8.00. The van der Waals surface area contributed by atoms with Crippen LogP contribution < -0.4 is 11.0 Å². The molecule has 0 aliphatic carbocycles. The maximum Gasteiger partial charge on any atom is 0.339 e. The monoisotopic (exact) mass is 385 g/mol. The van der Waals surface area contributed by atoms with Crippen LogP contribution in [0.5, 0.6) is 0 Å². The maximum atomic E-state index is 13.4. The fourth-order valence-electron chi connectivity index (χ4n) is 3.50. The highest BCUT2D eigenvalue weighted by atomic mass is 32.2. The van der Waals surface area contributed by atoms with E-state index in [1.165, 1.54) is 11.1 Å².